The number of benzene rings is 1. The zero-order valence-corrected chi connectivity index (χ0v) is 13.0. The summed E-state index contributed by atoms with van der Waals surface area (Å²) < 4.78 is 5.37. The molecule has 1 saturated heterocycles. The first-order valence-corrected chi connectivity index (χ1v) is 7.34. The number of hydrogen-bond donors (Lipinski definition) is 0. The quantitative estimate of drug-likeness (QED) is 0.859. The SMILES string of the molecule is CC(C)(C)OC(=O)N1CCN(OCc2ccccc2)CC1. The summed E-state index contributed by atoms with van der Waals surface area (Å²) in [6.45, 7) is 8.86. The van der Waals surface area contributed by atoms with Gasteiger partial charge in [-0.1, -0.05) is 30.3 Å². The molecule has 1 aliphatic rings. The molecule has 21 heavy (non-hydrogen) atoms. The molecule has 1 heterocycles. The smallest absolute Gasteiger partial charge is 0.410 e. The molecule has 0 saturated carbocycles. The highest BCUT2D eigenvalue weighted by Crippen LogP contribution is 2.12. The number of hydroxylamine groups is 2. The maximum atomic E-state index is 11.9. The molecule has 1 fully saturated rings. The fraction of sp³-hybridized carbons (Fsp3) is 0.562. The molecule has 0 N–H and O–H groups in total. The van der Waals surface area contributed by atoms with Gasteiger partial charge in [0.2, 0.25) is 0 Å². The van der Waals surface area contributed by atoms with Crippen LogP contribution in [0, 0.1) is 0 Å². The fourth-order valence-corrected chi connectivity index (χ4v) is 2.07. The number of rotatable bonds is 3. The van der Waals surface area contributed by atoms with Gasteiger partial charge in [0.15, 0.2) is 0 Å². The van der Waals surface area contributed by atoms with Crippen LogP contribution >= 0.6 is 0 Å². The molecule has 116 valence electrons. The second kappa shape index (κ2) is 6.91. The van der Waals surface area contributed by atoms with E-state index in [-0.39, 0.29) is 6.09 Å². The van der Waals surface area contributed by atoms with Crippen LogP contribution in [0.1, 0.15) is 26.3 Å². The summed E-state index contributed by atoms with van der Waals surface area (Å²) in [6, 6.07) is 10.1. The van der Waals surface area contributed by atoms with Crippen LogP contribution in [-0.4, -0.2) is 47.8 Å². The van der Waals surface area contributed by atoms with Crippen molar-refractivity contribution in [1.29, 1.82) is 0 Å². The fourth-order valence-electron chi connectivity index (χ4n) is 2.07. The van der Waals surface area contributed by atoms with Crippen molar-refractivity contribution in [3.05, 3.63) is 35.9 Å². The lowest BCUT2D eigenvalue weighted by Crippen LogP contribution is -2.49. The van der Waals surface area contributed by atoms with Gasteiger partial charge in [-0.25, -0.2) is 4.79 Å². The van der Waals surface area contributed by atoms with Gasteiger partial charge in [0.1, 0.15) is 5.60 Å². The lowest BCUT2D eigenvalue weighted by Gasteiger charge is -2.34. The molecule has 0 bridgehead atoms. The highest BCUT2D eigenvalue weighted by molar-refractivity contribution is 5.68. The van der Waals surface area contributed by atoms with Crippen LogP contribution in [0.4, 0.5) is 4.79 Å². The number of ether oxygens (including phenoxy) is 1. The number of piperazine rings is 1. The van der Waals surface area contributed by atoms with E-state index in [1.807, 2.05) is 56.2 Å². The Balaban J connectivity index is 1.72. The minimum absolute atomic E-state index is 0.245. The molecule has 2 rings (SSSR count). The zero-order valence-electron chi connectivity index (χ0n) is 13.0. The van der Waals surface area contributed by atoms with Gasteiger partial charge in [-0.3, -0.25) is 4.84 Å². The van der Waals surface area contributed by atoms with Crippen LogP contribution in [0.15, 0.2) is 30.3 Å². The summed E-state index contributed by atoms with van der Waals surface area (Å²) in [5.41, 5.74) is 0.699. The Morgan fingerprint density at radius 3 is 2.29 bits per heavy atom. The van der Waals surface area contributed by atoms with E-state index in [1.165, 1.54) is 0 Å². The van der Waals surface area contributed by atoms with Crippen molar-refractivity contribution < 1.29 is 14.4 Å². The monoisotopic (exact) mass is 292 g/mol. The number of carbonyl (C=O) groups excluding carboxylic acids is 1. The summed E-state index contributed by atoms with van der Waals surface area (Å²) in [6.07, 6.45) is -0.245. The maximum Gasteiger partial charge on any atom is 0.410 e. The molecule has 1 aromatic rings. The third-order valence-corrected chi connectivity index (χ3v) is 3.15. The van der Waals surface area contributed by atoms with Gasteiger partial charge in [0.05, 0.1) is 6.61 Å². The van der Waals surface area contributed by atoms with Gasteiger partial charge >= 0.3 is 6.09 Å². The summed E-state index contributed by atoms with van der Waals surface area (Å²) in [7, 11) is 0. The van der Waals surface area contributed by atoms with Crippen molar-refractivity contribution >= 4 is 6.09 Å². The van der Waals surface area contributed by atoms with Gasteiger partial charge in [-0.05, 0) is 26.3 Å². The lowest BCUT2D eigenvalue weighted by atomic mass is 10.2. The van der Waals surface area contributed by atoms with Crippen LogP contribution < -0.4 is 0 Å². The Morgan fingerprint density at radius 2 is 1.71 bits per heavy atom. The normalized spacial score (nSPS) is 16.8. The predicted octanol–water partition coefficient (Wildman–Crippen LogP) is 2.67. The molecule has 0 aliphatic carbocycles. The first-order chi connectivity index (χ1) is 9.94. The van der Waals surface area contributed by atoms with E-state index >= 15 is 0 Å². The van der Waals surface area contributed by atoms with Crippen molar-refractivity contribution in [2.24, 2.45) is 0 Å². The molecule has 0 aromatic heterocycles. The molecule has 0 unspecified atom stereocenters. The van der Waals surface area contributed by atoms with Crippen molar-refractivity contribution in [3.63, 3.8) is 0 Å². The van der Waals surface area contributed by atoms with E-state index in [4.69, 9.17) is 9.57 Å². The zero-order chi connectivity index (χ0) is 15.3. The molecule has 5 nitrogen and oxygen atoms in total. The van der Waals surface area contributed by atoms with E-state index in [9.17, 15) is 4.79 Å². The first kappa shape index (κ1) is 15.8. The number of nitrogens with zero attached hydrogens (tertiary/aromatic N) is 2. The molecule has 1 aliphatic heterocycles. The van der Waals surface area contributed by atoms with Gasteiger partial charge in [-0.15, -0.1) is 0 Å². The second-order valence-corrected chi connectivity index (χ2v) is 6.16. The largest absolute Gasteiger partial charge is 0.444 e. The van der Waals surface area contributed by atoms with E-state index in [2.05, 4.69) is 0 Å². The molecule has 1 amide bonds. The Labute approximate surface area is 126 Å². The van der Waals surface area contributed by atoms with Crippen LogP contribution in [-0.2, 0) is 16.2 Å². The van der Waals surface area contributed by atoms with E-state index < -0.39 is 5.60 Å². The average Bonchev–Trinajstić information content (AvgIpc) is 2.45. The van der Waals surface area contributed by atoms with Crippen molar-refractivity contribution in [2.75, 3.05) is 26.2 Å². The molecule has 0 radical (unpaired) electrons. The molecule has 0 spiro atoms. The van der Waals surface area contributed by atoms with Gasteiger partial charge in [0.25, 0.3) is 0 Å². The third kappa shape index (κ3) is 5.36. The minimum Gasteiger partial charge on any atom is -0.444 e. The second-order valence-electron chi connectivity index (χ2n) is 6.16. The molecule has 1 aromatic carbocycles. The summed E-state index contributed by atoms with van der Waals surface area (Å²) in [4.78, 5) is 19.4. The Morgan fingerprint density at radius 1 is 1.10 bits per heavy atom. The van der Waals surface area contributed by atoms with Crippen LogP contribution in [0.3, 0.4) is 0 Å². The highest BCUT2D eigenvalue weighted by atomic mass is 16.7. The Kier molecular flexibility index (Phi) is 5.20. The summed E-state index contributed by atoms with van der Waals surface area (Å²) in [5.74, 6) is 0. The minimum atomic E-state index is -0.446. The summed E-state index contributed by atoms with van der Waals surface area (Å²) >= 11 is 0. The van der Waals surface area contributed by atoms with Crippen LogP contribution in [0.25, 0.3) is 0 Å². The maximum absolute atomic E-state index is 11.9. The predicted molar refractivity (Wildman–Crippen MR) is 80.6 cm³/mol. The van der Waals surface area contributed by atoms with Crippen molar-refractivity contribution in [1.82, 2.24) is 9.96 Å². The highest BCUT2D eigenvalue weighted by Gasteiger charge is 2.26. The molecule has 0 atom stereocenters. The van der Waals surface area contributed by atoms with E-state index in [0.29, 0.717) is 32.8 Å². The van der Waals surface area contributed by atoms with Gasteiger partial charge in [0, 0.05) is 26.2 Å². The number of amides is 1. The lowest BCUT2D eigenvalue weighted by molar-refractivity contribution is -0.184. The number of hydrogen-bond acceptors (Lipinski definition) is 4. The van der Waals surface area contributed by atoms with Crippen LogP contribution in [0.2, 0.25) is 0 Å². The van der Waals surface area contributed by atoms with E-state index in [0.717, 1.165) is 5.56 Å². The summed E-state index contributed by atoms with van der Waals surface area (Å²) in [5, 5.41) is 1.91. The third-order valence-electron chi connectivity index (χ3n) is 3.15. The molecule has 5 heteroatoms. The molecular formula is C16H24N2O3. The van der Waals surface area contributed by atoms with Crippen LogP contribution in [0.5, 0.6) is 0 Å². The standard InChI is InChI=1S/C16H24N2O3/c1-16(2,3)21-15(19)17-9-11-18(12-10-17)20-13-14-7-5-4-6-8-14/h4-8H,9-13H2,1-3H3. The average molecular weight is 292 g/mol. The Bertz CT molecular complexity index is 448. The number of carbonyl (C=O) groups is 1. The van der Waals surface area contributed by atoms with Gasteiger partial charge < -0.3 is 9.64 Å². The van der Waals surface area contributed by atoms with E-state index in [1.54, 1.807) is 4.90 Å². The molecular weight excluding hydrogens is 268 g/mol. The van der Waals surface area contributed by atoms with Crippen molar-refractivity contribution in [3.8, 4) is 0 Å². The Hall–Kier alpha value is -1.59. The van der Waals surface area contributed by atoms with Crippen molar-refractivity contribution in [2.45, 2.75) is 33.0 Å². The first-order valence-electron chi connectivity index (χ1n) is 7.34. The topological polar surface area (TPSA) is 42.0 Å². The van der Waals surface area contributed by atoms with Gasteiger partial charge in [-0.2, -0.15) is 5.06 Å².